The van der Waals surface area contributed by atoms with E-state index in [2.05, 4.69) is 10.0 Å². The van der Waals surface area contributed by atoms with Crippen LogP contribution in [0.3, 0.4) is 0 Å². The summed E-state index contributed by atoms with van der Waals surface area (Å²) in [7, 11) is -2.18. The molecule has 0 aliphatic heterocycles. The molecule has 0 radical (unpaired) electrons. The molecule has 112 valence electrons. The minimum Gasteiger partial charge on any atom is -0.326 e. The lowest BCUT2D eigenvalue weighted by atomic mass is 10.00. The van der Waals surface area contributed by atoms with Crippen LogP contribution in [0.5, 0.6) is 0 Å². The number of carbonyl (C=O) groups excluding carboxylic acids is 1. The zero-order chi connectivity index (χ0) is 15.4. The van der Waals surface area contributed by atoms with Crippen molar-refractivity contribution in [3.05, 3.63) is 24.3 Å². The van der Waals surface area contributed by atoms with Crippen LogP contribution in [0.2, 0.25) is 0 Å². The van der Waals surface area contributed by atoms with Gasteiger partial charge in [0, 0.05) is 17.6 Å². The fourth-order valence-corrected chi connectivity index (χ4v) is 2.29. The highest BCUT2D eigenvalue weighted by Crippen LogP contribution is 2.16. The van der Waals surface area contributed by atoms with Crippen molar-refractivity contribution in [2.45, 2.75) is 37.1 Å². The smallest absolute Gasteiger partial charge is 0.240 e. The first-order chi connectivity index (χ1) is 9.14. The average molecular weight is 299 g/mol. The van der Waals surface area contributed by atoms with Crippen molar-refractivity contribution in [3.63, 3.8) is 0 Å². The van der Waals surface area contributed by atoms with Crippen LogP contribution in [0.4, 0.5) is 5.69 Å². The third kappa shape index (κ3) is 5.28. The summed E-state index contributed by atoms with van der Waals surface area (Å²) in [5.74, 6) is -0.192. The third-order valence-electron chi connectivity index (χ3n) is 2.69. The van der Waals surface area contributed by atoms with Crippen molar-refractivity contribution in [1.29, 1.82) is 0 Å². The van der Waals surface area contributed by atoms with Gasteiger partial charge in [0.15, 0.2) is 0 Å². The fourth-order valence-electron chi connectivity index (χ4n) is 1.52. The molecule has 6 nitrogen and oxygen atoms in total. The molecule has 0 saturated carbocycles. The minimum absolute atomic E-state index is 0.108. The number of benzene rings is 1. The first-order valence-electron chi connectivity index (χ1n) is 6.26. The Balaban J connectivity index is 2.75. The first-order valence-corrected chi connectivity index (χ1v) is 7.75. The summed E-state index contributed by atoms with van der Waals surface area (Å²) in [5, 5.41) is 2.66. The van der Waals surface area contributed by atoms with Gasteiger partial charge in [0.2, 0.25) is 15.9 Å². The monoisotopic (exact) mass is 299 g/mol. The average Bonchev–Trinajstić information content (AvgIpc) is 2.36. The van der Waals surface area contributed by atoms with Crippen LogP contribution < -0.4 is 15.8 Å². The van der Waals surface area contributed by atoms with Gasteiger partial charge in [-0.25, -0.2) is 13.1 Å². The zero-order valence-electron chi connectivity index (χ0n) is 11.9. The highest BCUT2D eigenvalue weighted by Gasteiger charge is 2.15. The standard InChI is InChI=1S/C13H21N3O3S/c1-13(2,14)8-7-12(17)16-10-5-4-6-11(9-10)20(18,19)15-3/h4-6,9,15H,7-8,14H2,1-3H3,(H,16,17). The highest BCUT2D eigenvalue weighted by molar-refractivity contribution is 7.89. The SMILES string of the molecule is CNS(=O)(=O)c1cccc(NC(=O)CCC(C)(C)N)c1. The fraction of sp³-hybridized carbons (Fsp3) is 0.462. The molecule has 0 fully saturated rings. The van der Waals surface area contributed by atoms with Crippen LogP contribution in [0, 0.1) is 0 Å². The van der Waals surface area contributed by atoms with Gasteiger partial charge < -0.3 is 11.1 Å². The Morgan fingerprint density at radius 2 is 2.00 bits per heavy atom. The lowest BCUT2D eigenvalue weighted by molar-refractivity contribution is -0.116. The Bertz CT molecular complexity index is 577. The van der Waals surface area contributed by atoms with Gasteiger partial charge in [-0.15, -0.1) is 0 Å². The molecule has 1 aromatic rings. The molecule has 0 aliphatic carbocycles. The maximum Gasteiger partial charge on any atom is 0.240 e. The van der Waals surface area contributed by atoms with Crippen LogP contribution in [0.25, 0.3) is 0 Å². The van der Waals surface area contributed by atoms with Gasteiger partial charge in [-0.3, -0.25) is 4.79 Å². The van der Waals surface area contributed by atoms with E-state index < -0.39 is 15.6 Å². The molecular formula is C13H21N3O3S. The van der Waals surface area contributed by atoms with Gasteiger partial charge in [-0.2, -0.15) is 0 Å². The summed E-state index contributed by atoms with van der Waals surface area (Å²) in [6.07, 6.45) is 0.833. The Kier molecular flexibility index (Phi) is 5.27. The summed E-state index contributed by atoms with van der Waals surface area (Å²) in [5.41, 5.74) is 5.85. The second kappa shape index (κ2) is 6.34. The van der Waals surface area contributed by atoms with E-state index in [0.29, 0.717) is 12.1 Å². The van der Waals surface area contributed by atoms with Crippen LogP contribution >= 0.6 is 0 Å². The number of sulfonamides is 1. The van der Waals surface area contributed by atoms with Gasteiger partial charge in [-0.05, 0) is 45.5 Å². The van der Waals surface area contributed by atoms with Gasteiger partial charge in [-0.1, -0.05) is 6.07 Å². The van der Waals surface area contributed by atoms with E-state index in [0.717, 1.165) is 0 Å². The molecule has 1 amide bonds. The molecule has 0 unspecified atom stereocenters. The van der Waals surface area contributed by atoms with Crippen molar-refractivity contribution < 1.29 is 13.2 Å². The van der Waals surface area contributed by atoms with E-state index in [-0.39, 0.29) is 17.2 Å². The quantitative estimate of drug-likeness (QED) is 0.730. The Hall–Kier alpha value is -1.44. The number of amides is 1. The number of hydrogen-bond acceptors (Lipinski definition) is 4. The molecule has 20 heavy (non-hydrogen) atoms. The molecule has 7 heteroatoms. The number of nitrogens with one attached hydrogen (secondary N) is 2. The van der Waals surface area contributed by atoms with Crippen molar-refractivity contribution in [1.82, 2.24) is 4.72 Å². The maximum atomic E-state index is 11.8. The summed E-state index contributed by atoms with van der Waals surface area (Å²) in [6, 6.07) is 6.09. The lowest BCUT2D eigenvalue weighted by Gasteiger charge is -2.17. The number of carbonyl (C=O) groups is 1. The van der Waals surface area contributed by atoms with E-state index in [4.69, 9.17) is 5.73 Å². The van der Waals surface area contributed by atoms with Crippen LogP contribution in [-0.2, 0) is 14.8 Å². The summed E-state index contributed by atoms with van der Waals surface area (Å²) in [4.78, 5) is 11.9. The van der Waals surface area contributed by atoms with Crippen LogP contribution in [0.15, 0.2) is 29.2 Å². The van der Waals surface area contributed by atoms with E-state index in [9.17, 15) is 13.2 Å². The maximum absolute atomic E-state index is 11.8. The molecule has 0 heterocycles. The molecule has 0 atom stereocenters. The van der Waals surface area contributed by atoms with Crippen molar-refractivity contribution in [2.75, 3.05) is 12.4 Å². The van der Waals surface area contributed by atoms with E-state index in [1.807, 2.05) is 13.8 Å². The largest absolute Gasteiger partial charge is 0.326 e. The molecular weight excluding hydrogens is 278 g/mol. The number of anilines is 1. The van der Waals surface area contributed by atoms with Gasteiger partial charge in [0.05, 0.1) is 4.90 Å². The molecule has 4 N–H and O–H groups in total. The minimum atomic E-state index is -3.51. The summed E-state index contributed by atoms with van der Waals surface area (Å²) >= 11 is 0. The third-order valence-corrected chi connectivity index (χ3v) is 4.11. The molecule has 0 saturated heterocycles. The Labute approximate surface area is 119 Å². The summed E-state index contributed by atoms with van der Waals surface area (Å²) in [6.45, 7) is 3.70. The topological polar surface area (TPSA) is 101 Å². The summed E-state index contributed by atoms with van der Waals surface area (Å²) < 4.78 is 25.5. The molecule has 1 rings (SSSR count). The predicted molar refractivity (Wildman–Crippen MR) is 78.8 cm³/mol. The normalized spacial score (nSPS) is 12.2. The predicted octanol–water partition coefficient (Wildman–Crippen LogP) is 1.05. The zero-order valence-corrected chi connectivity index (χ0v) is 12.8. The number of hydrogen-bond donors (Lipinski definition) is 3. The lowest BCUT2D eigenvalue weighted by Crippen LogP contribution is -2.33. The molecule has 0 aromatic heterocycles. The van der Waals surface area contributed by atoms with Crippen molar-refractivity contribution in [3.8, 4) is 0 Å². The Morgan fingerprint density at radius 3 is 2.55 bits per heavy atom. The second-order valence-corrected chi connectivity index (χ2v) is 7.16. The van der Waals surface area contributed by atoms with Crippen LogP contribution in [0.1, 0.15) is 26.7 Å². The number of nitrogens with two attached hydrogens (primary N) is 1. The molecule has 0 spiro atoms. The Morgan fingerprint density at radius 1 is 1.35 bits per heavy atom. The van der Waals surface area contributed by atoms with Crippen LogP contribution in [-0.4, -0.2) is 26.9 Å². The van der Waals surface area contributed by atoms with E-state index in [1.165, 1.54) is 19.2 Å². The van der Waals surface area contributed by atoms with E-state index in [1.54, 1.807) is 12.1 Å². The highest BCUT2D eigenvalue weighted by atomic mass is 32.2. The number of rotatable bonds is 6. The van der Waals surface area contributed by atoms with Gasteiger partial charge >= 0.3 is 0 Å². The second-order valence-electron chi connectivity index (χ2n) is 5.27. The first kappa shape index (κ1) is 16.6. The molecule has 0 aliphatic rings. The van der Waals surface area contributed by atoms with Crippen molar-refractivity contribution in [2.24, 2.45) is 5.73 Å². The molecule has 0 bridgehead atoms. The molecule has 1 aromatic carbocycles. The van der Waals surface area contributed by atoms with Gasteiger partial charge in [0.25, 0.3) is 0 Å². The van der Waals surface area contributed by atoms with Gasteiger partial charge in [0.1, 0.15) is 0 Å². The van der Waals surface area contributed by atoms with E-state index >= 15 is 0 Å². The van der Waals surface area contributed by atoms with Crippen molar-refractivity contribution >= 4 is 21.6 Å².